The standard InChI is InChI=1S/C54H35N3S2/c1-4-14-36(15-5-1)55(37-16-6-2-7-17-37)41-29-31-49-46(32-41)47-35-54-48(44-21-11-13-23-52(44)59-54)34-50(47)57(49)40-26-24-39(25-27-40)56(38-18-8-3-9-19-38)42-28-30-45-43-20-10-12-22-51(43)58-53(45)33-42/h1-35H. The zero-order valence-electron chi connectivity index (χ0n) is 31.9. The maximum atomic E-state index is 2.45. The molecule has 0 aliphatic heterocycles. The Morgan fingerprint density at radius 3 is 1.32 bits per heavy atom. The van der Waals surface area contributed by atoms with E-state index in [1.54, 1.807) is 0 Å². The molecule has 0 bridgehead atoms. The smallest absolute Gasteiger partial charge is 0.0548 e. The lowest BCUT2D eigenvalue weighted by molar-refractivity contribution is 1.17. The molecule has 0 N–H and O–H groups in total. The van der Waals surface area contributed by atoms with Crippen LogP contribution < -0.4 is 9.80 Å². The van der Waals surface area contributed by atoms with Crippen molar-refractivity contribution in [3.63, 3.8) is 0 Å². The van der Waals surface area contributed by atoms with Crippen LogP contribution in [0.5, 0.6) is 0 Å². The van der Waals surface area contributed by atoms with Crippen LogP contribution in [0.2, 0.25) is 0 Å². The van der Waals surface area contributed by atoms with Crippen LogP contribution in [-0.4, -0.2) is 4.57 Å². The van der Waals surface area contributed by atoms with Crippen molar-refractivity contribution in [3.05, 3.63) is 212 Å². The average molecular weight is 790 g/mol. The third-order valence-electron chi connectivity index (χ3n) is 11.5. The van der Waals surface area contributed by atoms with E-state index in [1.165, 1.54) is 62.2 Å². The van der Waals surface area contributed by atoms with E-state index in [1.807, 2.05) is 22.7 Å². The van der Waals surface area contributed by atoms with Gasteiger partial charge in [-0.25, -0.2) is 0 Å². The minimum atomic E-state index is 1.11. The van der Waals surface area contributed by atoms with Gasteiger partial charge in [-0.05, 0) is 115 Å². The Kier molecular flexibility index (Phi) is 7.90. The predicted octanol–water partition coefficient (Wildman–Crippen LogP) is 16.5. The first-order valence-corrected chi connectivity index (χ1v) is 21.6. The SMILES string of the molecule is c1ccc(N(c2ccc(-n3c4ccc(N(c5ccccc5)c5ccccc5)cc4c4cc5sc6ccccc6c5cc43)cc2)c2ccc3c(c2)sc2ccccc23)cc1. The second kappa shape index (κ2) is 13.7. The van der Waals surface area contributed by atoms with Gasteiger partial charge >= 0.3 is 0 Å². The summed E-state index contributed by atoms with van der Waals surface area (Å²) in [7, 11) is 0. The van der Waals surface area contributed by atoms with Crippen molar-refractivity contribution in [1.82, 2.24) is 4.57 Å². The topological polar surface area (TPSA) is 11.4 Å². The lowest BCUT2D eigenvalue weighted by Crippen LogP contribution is -2.10. The van der Waals surface area contributed by atoms with Gasteiger partial charge in [0.1, 0.15) is 0 Å². The van der Waals surface area contributed by atoms with Gasteiger partial charge in [-0.2, -0.15) is 0 Å². The molecule has 3 aromatic heterocycles. The van der Waals surface area contributed by atoms with Gasteiger partial charge in [0.15, 0.2) is 0 Å². The number of fused-ring (bicyclic) bond motifs is 9. The number of rotatable bonds is 7. The van der Waals surface area contributed by atoms with E-state index < -0.39 is 0 Å². The molecule has 12 rings (SSSR count). The molecule has 5 heteroatoms. The lowest BCUT2D eigenvalue weighted by atomic mass is 10.1. The van der Waals surface area contributed by atoms with E-state index in [4.69, 9.17) is 0 Å². The first kappa shape index (κ1) is 33.9. The van der Waals surface area contributed by atoms with Gasteiger partial charge in [-0.3, -0.25) is 0 Å². The highest BCUT2D eigenvalue weighted by molar-refractivity contribution is 7.26. The summed E-state index contributed by atoms with van der Waals surface area (Å²) in [5.74, 6) is 0. The Bertz CT molecular complexity index is 3450. The highest BCUT2D eigenvalue weighted by Crippen LogP contribution is 2.45. The first-order chi connectivity index (χ1) is 29.2. The van der Waals surface area contributed by atoms with Gasteiger partial charge in [0.05, 0.1) is 11.0 Å². The van der Waals surface area contributed by atoms with Gasteiger partial charge in [-0.1, -0.05) is 97.1 Å². The van der Waals surface area contributed by atoms with Crippen molar-refractivity contribution in [1.29, 1.82) is 0 Å². The average Bonchev–Trinajstić information content (AvgIpc) is 3.96. The summed E-state index contributed by atoms with van der Waals surface area (Å²) in [6.07, 6.45) is 0. The lowest BCUT2D eigenvalue weighted by Gasteiger charge is -2.26. The van der Waals surface area contributed by atoms with E-state index in [0.29, 0.717) is 0 Å². The number of nitrogens with zero attached hydrogens (tertiary/aromatic N) is 3. The van der Waals surface area contributed by atoms with Gasteiger partial charge in [0.25, 0.3) is 0 Å². The van der Waals surface area contributed by atoms with E-state index in [2.05, 4.69) is 227 Å². The number of thiophene rings is 2. The van der Waals surface area contributed by atoms with Crippen LogP contribution in [-0.2, 0) is 0 Å². The van der Waals surface area contributed by atoms with Crippen LogP contribution in [0, 0.1) is 0 Å². The molecule has 3 heterocycles. The molecule has 3 nitrogen and oxygen atoms in total. The van der Waals surface area contributed by atoms with E-state index in [9.17, 15) is 0 Å². The normalized spacial score (nSPS) is 11.7. The zero-order valence-corrected chi connectivity index (χ0v) is 33.5. The third kappa shape index (κ3) is 5.62. The minimum absolute atomic E-state index is 1.11. The molecule has 278 valence electrons. The summed E-state index contributed by atoms with van der Waals surface area (Å²) < 4.78 is 7.67. The highest BCUT2D eigenvalue weighted by Gasteiger charge is 2.20. The van der Waals surface area contributed by atoms with Gasteiger partial charge < -0.3 is 14.4 Å². The van der Waals surface area contributed by atoms with E-state index in [0.717, 1.165) is 39.8 Å². The first-order valence-electron chi connectivity index (χ1n) is 19.9. The van der Waals surface area contributed by atoms with Crippen molar-refractivity contribution in [2.75, 3.05) is 9.80 Å². The van der Waals surface area contributed by atoms with Crippen LogP contribution in [0.4, 0.5) is 34.1 Å². The molecule has 9 aromatic carbocycles. The largest absolute Gasteiger partial charge is 0.310 e. The summed E-state index contributed by atoms with van der Waals surface area (Å²) in [5, 5.41) is 7.68. The number of hydrogen-bond donors (Lipinski definition) is 0. The molecule has 0 unspecified atom stereocenters. The molecule has 0 fully saturated rings. The number of aromatic nitrogens is 1. The maximum absolute atomic E-state index is 2.45. The molecule has 59 heavy (non-hydrogen) atoms. The third-order valence-corrected chi connectivity index (χ3v) is 13.8. The summed E-state index contributed by atoms with van der Waals surface area (Å²) in [5.41, 5.74) is 10.2. The quantitative estimate of drug-likeness (QED) is 0.159. The summed E-state index contributed by atoms with van der Waals surface area (Å²) in [6, 6.07) is 77.3. The van der Waals surface area contributed by atoms with Crippen LogP contribution >= 0.6 is 22.7 Å². The Morgan fingerprint density at radius 1 is 0.271 bits per heavy atom. The Labute approximate surface area is 349 Å². The molecule has 0 saturated heterocycles. The van der Waals surface area contributed by atoms with Crippen molar-refractivity contribution < 1.29 is 0 Å². The fourth-order valence-corrected chi connectivity index (χ4v) is 11.1. The maximum Gasteiger partial charge on any atom is 0.0548 e. The van der Waals surface area contributed by atoms with E-state index >= 15 is 0 Å². The fraction of sp³-hybridized carbons (Fsp3) is 0. The predicted molar refractivity (Wildman–Crippen MR) is 256 cm³/mol. The van der Waals surface area contributed by atoms with Crippen LogP contribution in [0.25, 0.3) is 67.8 Å². The van der Waals surface area contributed by atoms with Crippen molar-refractivity contribution >= 4 is 119 Å². The Hall–Kier alpha value is -7.18. The summed E-state index contributed by atoms with van der Waals surface area (Å²) in [6.45, 7) is 0. The fourth-order valence-electron chi connectivity index (χ4n) is 8.87. The molecular formula is C54H35N3S2. The van der Waals surface area contributed by atoms with Crippen LogP contribution in [0.3, 0.4) is 0 Å². The van der Waals surface area contributed by atoms with Gasteiger partial charge in [-0.15, -0.1) is 22.7 Å². The number of para-hydroxylation sites is 3. The number of anilines is 6. The molecule has 12 aromatic rings. The molecule has 0 saturated carbocycles. The van der Waals surface area contributed by atoms with Gasteiger partial charge in [0.2, 0.25) is 0 Å². The zero-order chi connectivity index (χ0) is 38.9. The second-order valence-electron chi connectivity index (χ2n) is 15.0. The van der Waals surface area contributed by atoms with Gasteiger partial charge in [0, 0.05) is 90.9 Å². The van der Waals surface area contributed by atoms with Crippen LogP contribution in [0.15, 0.2) is 212 Å². The van der Waals surface area contributed by atoms with Crippen molar-refractivity contribution in [2.24, 2.45) is 0 Å². The molecular weight excluding hydrogens is 755 g/mol. The molecule has 0 radical (unpaired) electrons. The minimum Gasteiger partial charge on any atom is -0.310 e. The molecule has 0 spiro atoms. The highest BCUT2D eigenvalue weighted by atomic mass is 32.1. The van der Waals surface area contributed by atoms with E-state index in [-0.39, 0.29) is 0 Å². The Morgan fingerprint density at radius 2 is 0.712 bits per heavy atom. The van der Waals surface area contributed by atoms with Crippen molar-refractivity contribution in [2.45, 2.75) is 0 Å². The Balaban J connectivity index is 1.04. The number of benzene rings is 9. The summed E-state index contributed by atoms with van der Waals surface area (Å²) >= 11 is 3.73. The molecule has 0 aliphatic rings. The van der Waals surface area contributed by atoms with Crippen molar-refractivity contribution in [3.8, 4) is 5.69 Å². The summed E-state index contributed by atoms with van der Waals surface area (Å²) in [4.78, 5) is 4.72. The van der Waals surface area contributed by atoms with Crippen LogP contribution in [0.1, 0.15) is 0 Å². The molecule has 0 amide bonds. The second-order valence-corrected chi connectivity index (χ2v) is 17.1. The molecule has 0 atom stereocenters. The molecule has 0 aliphatic carbocycles. The monoisotopic (exact) mass is 789 g/mol. The number of hydrogen-bond acceptors (Lipinski definition) is 4.